The number of nitrogens with zero attached hydrogens (tertiary/aromatic N) is 1. The molecule has 1 aromatic carbocycles. The summed E-state index contributed by atoms with van der Waals surface area (Å²) in [7, 11) is 0. The first-order valence-corrected chi connectivity index (χ1v) is 8.17. The van der Waals surface area contributed by atoms with Crippen LogP contribution in [0.15, 0.2) is 17.2 Å². The number of carbonyl (C=O) groups is 1. The zero-order chi connectivity index (χ0) is 20.1. The molecule has 2 unspecified atom stereocenters. The van der Waals surface area contributed by atoms with Gasteiger partial charge < -0.3 is 14.9 Å². The number of anilines is 1. The molecule has 0 heterocycles. The standard InChI is InChI=1S/C15H17Cl2F3N2O4/c1-3-8(13(23)24)14(25,15(18,19)20)7-21-22-11-6-12(26-4-2)10(17)5-9(11)16/h5-8,22,25H,3-4H2,1-2H3,(H,23,24)/b21-7-. The minimum atomic E-state index is -5.25. The van der Waals surface area contributed by atoms with Gasteiger partial charge in [0.15, 0.2) is 0 Å². The molecule has 0 aliphatic heterocycles. The van der Waals surface area contributed by atoms with Crippen molar-refractivity contribution in [1.29, 1.82) is 0 Å². The molecule has 0 aliphatic carbocycles. The highest BCUT2D eigenvalue weighted by molar-refractivity contribution is 6.37. The minimum absolute atomic E-state index is 0.0384. The van der Waals surface area contributed by atoms with Crippen molar-refractivity contribution in [3.63, 3.8) is 0 Å². The van der Waals surface area contributed by atoms with Gasteiger partial charge in [0.05, 0.1) is 34.5 Å². The lowest BCUT2D eigenvalue weighted by atomic mass is 9.85. The number of carboxylic acid groups (broad SMARTS) is 1. The second-order valence-corrected chi connectivity index (χ2v) is 6.00. The summed E-state index contributed by atoms with van der Waals surface area (Å²) in [6.45, 7) is 3.20. The van der Waals surface area contributed by atoms with E-state index in [1.165, 1.54) is 19.1 Å². The molecular weight excluding hydrogens is 400 g/mol. The fourth-order valence-electron chi connectivity index (χ4n) is 2.12. The predicted molar refractivity (Wildman–Crippen MR) is 92.2 cm³/mol. The van der Waals surface area contributed by atoms with Gasteiger partial charge >= 0.3 is 12.1 Å². The zero-order valence-corrected chi connectivity index (χ0v) is 15.3. The monoisotopic (exact) mass is 416 g/mol. The third-order valence-corrected chi connectivity index (χ3v) is 4.07. The Morgan fingerprint density at radius 3 is 2.42 bits per heavy atom. The van der Waals surface area contributed by atoms with E-state index in [0.717, 1.165) is 0 Å². The van der Waals surface area contributed by atoms with Gasteiger partial charge in [-0.3, -0.25) is 10.2 Å². The average molecular weight is 417 g/mol. The van der Waals surface area contributed by atoms with Gasteiger partial charge in [-0.15, -0.1) is 0 Å². The summed E-state index contributed by atoms with van der Waals surface area (Å²) in [6.07, 6.45) is -5.62. The van der Waals surface area contributed by atoms with Crippen LogP contribution in [0.2, 0.25) is 10.0 Å². The number of aliphatic carboxylic acids is 1. The van der Waals surface area contributed by atoms with Gasteiger partial charge in [-0.25, -0.2) is 0 Å². The second-order valence-electron chi connectivity index (χ2n) is 5.19. The highest BCUT2D eigenvalue weighted by Gasteiger charge is 2.59. The first kappa shape index (κ1) is 22.3. The van der Waals surface area contributed by atoms with Crippen LogP contribution >= 0.6 is 23.2 Å². The van der Waals surface area contributed by atoms with Crippen LogP contribution in [0.25, 0.3) is 0 Å². The molecule has 0 aromatic heterocycles. The summed E-state index contributed by atoms with van der Waals surface area (Å²) in [6, 6.07) is 2.61. The Labute approximate surface area is 157 Å². The lowest BCUT2D eigenvalue weighted by molar-refractivity contribution is -0.248. The second kappa shape index (κ2) is 8.79. The molecule has 0 spiro atoms. The maximum atomic E-state index is 13.2. The fourth-order valence-corrected chi connectivity index (χ4v) is 2.60. The molecule has 11 heteroatoms. The number of benzene rings is 1. The van der Waals surface area contributed by atoms with Gasteiger partial charge in [0.2, 0.25) is 5.60 Å². The van der Waals surface area contributed by atoms with E-state index in [4.69, 9.17) is 33.0 Å². The van der Waals surface area contributed by atoms with Crippen LogP contribution in [0.4, 0.5) is 18.9 Å². The molecule has 0 fully saturated rings. The molecule has 0 saturated carbocycles. The van der Waals surface area contributed by atoms with E-state index in [0.29, 0.717) is 0 Å². The first-order chi connectivity index (χ1) is 12.0. The van der Waals surface area contributed by atoms with E-state index in [-0.39, 0.29) is 34.3 Å². The van der Waals surface area contributed by atoms with Crippen molar-refractivity contribution in [2.45, 2.75) is 32.0 Å². The van der Waals surface area contributed by atoms with Crippen molar-refractivity contribution in [2.24, 2.45) is 11.0 Å². The Kier molecular flexibility index (Phi) is 7.55. The number of hydrazone groups is 1. The smallest absolute Gasteiger partial charge is 0.423 e. The average Bonchev–Trinajstić information content (AvgIpc) is 2.50. The van der Waals surface area contributed by atoms with E-state index in [1.54, 1.807) is 6.92 Å². The normalized spacial score (nSPS) is 15.5. The molecule has 0 radical (unpaired) electrons. The molecule has 3 N–H and O–H groups in total. The van der Waals surface area contributed by atoms with Crippen LogP contribution in [-0.2, 0) is 4.79 Å². The Morgan fingerprint density at radius 1 is 1.35 bits per heavy atom. The summed E-state index contributed by atoms with van der Waals surface area (Å²) in [5.41, 5.74) is -1.37. The first-order valence-electron chi connectivity index (χ1n) is 7.41. The minimum Gasteiger partial charge on any atom is -0.492 e. The van der Waals surface area contributed by atoms with E-state index in [9.17, 15) is 23.1 Å². The number of alkyl halides is 3. The third kappa shape index (κ3) is 4.93. The number of rotatable bonds is 8. The number of aliphatic hydroxyl groups is 1. The molecule has 26 heavy (non-hydrogen) atoms. The van der Waals surface area contributed by atoms with E-state index in [1.807, 2.05) is 0 Å². The number of carboxylic acids is 1. The van der Waals surface area contributed by atoms with Crippen molar-refractivity contribution in [1.82, 2.24) is 0 Å². The van der Waals surface area contributed by atoms with Crippen LogP contribution in [0.3, 0.4) is 0 Å². The topological polar surface area (TPSA) is 91.1 Å². The Balaban J connectivity index is 3.17. The number of hydrogen-bond acceptors (Lipinski definition) is 5. The summed E-state index contributed by atoms with van der Waals surface area (Å²) in [5.74, 6) is -3.71. The Bertz CT molecular complexity index is 686. The zero-order valence-electron chi connectivity index (χ0n) is 13.8. The highest BCUT2D eigenvalue weighted by atomic mass is 35.5. The summed E-state index contributed by atoms with van der Waals surface area (Å²) >= 11 is 11.8. The number of hydrogen-bond donors (Lipinski definition) is 3. The molecule has 0 bridgehead atoms. The van der Waals surface area contributed by atoms with Crippen LogP contribution < -0.4 is 10.2 Å². The van der Waals surface area contributed by atoms with Gasteiger partial charge in [-0.1, -0.05) is 30.1 Å². The molecule has 146 valence electrons. The third-order valence-electron chi connectivity index (χ3n) is 3.46. The van der Waals surface area contributed by atoms with Gasteiger partial charge in [0.1, 0.15) is 5.75 Å². The van der Waals surface area contributed by atoms with Crippen molar-refractivity contribution in [2.75, 3.05) is 12.0 Å². The fraction of sp³-hybridized carbons (Fsp3) is 0.467. The summed E-state index contributed by atoms with van der Waals surface area (Å²) < 4.78 is 44.9. The predicted octanol–water partition coefficient (Wildman–Crippen LogP) is 4.19. The van der Waals surface area contributed by atoms with E-state index < -0.39 is 30.1 Å². The lowest BCUT2D eigenvalue weighted by Crippen LogP contribution is -2.55. The van der Waals surface area contributed by atoms with Crippen LogP contribution in [0, 0.1) is 5.92 Å². The number of halogens is 5. The van der Waals surface area contributed by atoms with Crippen molar-refractivity contribution < 1.29 is 32.9 Å². The molecule has 0 amide bonds. The molecule has 0 saturated heterocycles. The molecule has 2 atom stereocenters. The molecule has 0 aliphatic rings. The van der Waals surface area contributed by atoms with Gasteiger partial charge in [0, 0.05) is 6.07 Å². The van der Waals surface area contributed by atoms with Crippen molar-refractivity contribution >= 4 is 41.1 Å². The lowest BCUT2D eigenvalue weighted by Gasteiger charge is -2.31. The Hall–Kier alpha value is -1.71. The van der Waals surface area contributed by atoms with Crippen molar-refractivity contribution in [3.05, 3.63) is 22.2 Å². The summed E-state index contributed by atoms with van der Waals surface area (Å²) in [4.78, 5) is 11.1. The SMILES string of the molecule is CCOc1cc(N/N=C\C(O)(C(CC)C(=O)O)C(F)(F)F)c(Cl)cc1Cl. The van der Waals surface area contributed by atoms with E-state index in [2.05, 4.69) is 10.5 Å². The molecular formula is C15H17Cl2F3N2O4. The number of nitrogens with one attached hydrogen (secondary N) is 1. The van der Waals surface area contributed by atoms with Gasteiger partial charge in [0.25, 0.3) is 0 Å². The van der Waals surface area contributed by atoms with Crippen LogP contribution in [-0.4, -0.2) is 40.8 Å². The van der Waals surface area contributed by atoms with Gasteiger partial charge in [-0.05, 0) is 19.4 Å². The summed E-state index contributed by atoms with van der Waals surface area (Å²) in [5, 5.41) is 22.5. The van der Waals surface area contributed by atoms with Crippen LogP contribution in [0.1, 0.15) is 20.3 Å². The quantitative estimate of drug-likeness (QED) is 0.436. The number of ether oxygens (including phenoxy) is 1. The van der Waals surface area contributed by atoms with E-state index >= 15 is 0 Å². The molecule has 6 nitrogen and oxygen atoms in total. The van der Waals surface area contributed by atoms with Crippen molar-refractivity contribution in [3.8, 4) is 5.75 Å². The molecule has 1 rings (SSSR count). The maximum absolute atomic E-state index is 13.2. The maximum Gasteiger partial charge on any atom is 0.423 e. The van der Waals surface area contributed by atoms with Gasteiger partial charge in [-0.2, -0.15) is 18.3 Å². The van der Waals surface area contributed by atoms with Crippen LogP contribution in [0.5, 0.6) is 5.75 Å². The molecule has 1 aromatic rings. The Morgan fingerprint density at radius 2 is 1.96 bits per heavy atom. The highest BCUT2D eigenvalue weighted by Crippen LogP contribution is 2.37. The largest absolute Gasteiger partial charge is 0.492 e.